The average molecular weight is 330 g/mol. The van der Waals surface area contributed by atoms with Crippen LogP contribution in [0.3, 0.4) is 0 Å². The molecule has 0 radical (unpaired) electrons. The predicted octanol–water partition coefficient (Wildman–Crippen LogP) is 2.64. The highest BCUT2D eigenvalue weighted by atomic mass is 32.1. The van der Waals surface area contributed by atoms with E-state index in [9.17, 15) is 14.4 Å². The summed E-state index contributed by atoms with van der Waals surface area (Å²) in [5.74, 6) is -1.21. The second-order valence-electron chi connectivity index (χ2n) is 5.20. The van der Waals surface area contributed by atoms with E-state index in [1.54, 1.807) is 31.2 Å². The van der Waals surface area contributed by atoms with Crippen molar-refractivity contribution in [1.29, 1.82) is 0 Å². The number of esters is 1. The third kappa shape index (κ3) is 2.49. The largest absolute Gasteiger partial charge is 0.434 e. The van der Waals surface area contributed by atoms with Crippen LogP contribution in [0.4, 0.5) is 5.00 Å². The molecular weight excluding hydrogens is 316 g/mol. The van der Waals surface area contributed by atoms with Crippen molar-refractivity contribution in [2.45, 2.75) is 20.1 Å². The number of rotatable bonds is 4. The first kappa shape index (κ1) is 15.2. The Balaban J connectivity index is 2.02. The van der Waals surface area contributed by atoms with Crippen molar-refractivity contribution >= 4 is 34.0 Å². The molecule has 7 heteroatoms. The van der Waals surface area contributed by atoms with E-state index in [2.05, 4.69) is 5.32 Å². The molecule has 6 nitrogen and oxygen atoms in total. The lowest BCUT2D eigenvalue weighted by molar-refractivity contribution is 0.0437. The lowest BCUT2D eigenvalue weighted by atomic mass is 10.1. The van der Waals surface area contributed by atoms with Gasteiger partial charge in [-0.2, -0.15) is 0 Å². The maximum Gasteiger partial charge on any atom is 0.340 e. The molecule has 1 aliphatic rings. The fourth-order valence-corrected chi connectivity index (χ4v) is 3.74. The summed E-state index contributed by atoms with van der Waals surface area (Å²) in [6.45, 7) is 3.10. The number of benzene rings is 1. The number of ether oxygens (including phenoxy) is 1. The Morgan fingerprint density at radius 3 is 2.65 bits per heavy atom. The summed E-state index contributed by atoms with van der Waals surface area (Å²) in [5.41, 5.74) is 7.38. The van der Waals surface area contributed by atoms with E-state index in [1.165, 1.54) is 6.92 Å². The average Bonchev–Trinajstić information content (AvgIpc) is 2.98. The molecule has 0 spiro atoms. The molecule has 1 aliphatic heterocycles. The van der Waals surface area contributed by atoms with Gasteiger partial charge in [0.05, 0.1) is 16.0 Å². The highest BCUT2D eigenvalue weighted by molar-refractivity contribution is 7.18. The molecule has 1 aromatic carbocycles. The Kier molecular flexibility index (Phi) is 3.65. The van der Waals surface area contributed by atoms with Gasteiger partial charge < -0.3 is 15.8 Å². The minimum Gasteiger partial charge on any atom is -0.434 e. The van der Waals surface area contributed by atoms with E-state index in [1.807, 2.05) is 0 Å². The van der Waals surface area contributed by atoms with Crippen molar-refractivity contribution in [2.24, 2.45) is 5.73 Å². The second-order valence-corrected chi connectivity index (χ2v) is 6.22. The molecule has 1 amide bonds. The number of cyclic esters (lactones) is 1. The van der Waals surface area contributed by atoms with Gasteiger partial charge in [0, 0.05) is 5.56 Å². The quantitative estimate of drug-likeness (QED) is 0.663. The molecule has 2 aromatic rings. The predicted molar refractivity (Wildman–Crippen MR) is 85.8 cm³/mol. The van der Waals surface area contributed by atoms with Crippen LogP contribution >= 0.6 is 11.3 Å². The van der Waals surface area contributed by atoms with E-state index in [0.29, 0.717) is 26.6 Å². The summed E-state index contributed by atoms with van der Waals surface area (Å²) in [4.78, 5) is 35.7. The van der Waals surface area contributed by atoms with Crippen molar-refractivity contribution in [3.05, 3.63) is 51.4 Å². The van der Waals surface area contributed by atoms with Gasteiger partial charge in [-0.05, 0) is 25.5 Å². The van der Waals surface area contributed by atoms with E-state index in [4.69, 9.17) is 10.5 Å². The Morgan fingerprint density at radius 1 is 1.30 bits per heavy atom. The summed E-state index contributed by atoms with van der Waals surface area (Å²) >= 11 is 1.13. The molecule has 2 heterocycles. The van der Waals surface area contributed by atoms with Gasteiger partial charge in [0.15, 0.2) is 5.78 Å². The maximum atomic E-state index is 11.9. The zero-order chi connectivity index (χ0) is 16.7. The number of hydrogen-bond donors (Lipinski definition) is 2. The summed E-state index contributed by atoms with van der Waals surface area (Å²) in [5, 5.41) is 3.44. The van der Waals surface area contributed by atoms with Crippen molar-refractivity contribution in [3.8, 4) is 0 Å². The van der Waals surface area contributed by atoms with Crippen LogP contribution in [0.1, 0.15) is 54.7 Å². The second kappa shape index (κ2) is 5.51. The van der Waals surface area contributed by atoms with E-state index >= 15 is 0 Å². The van der Waals surface area contributed by atoms with Crippen LogP contribution in [0, 0.1) is 6.92 Å². The van der Waals surface area contributed by atoms with Gasteiger partial charge in [-0.25, -0.2) is 4.79 Å². The number of nitrogens with two attached hydrogens (primary N) is 1. The monoisotopic (exact) mass is 330 g/mol. The fourth-order valence-electron chi connectivity index (χ4n) is 2.62. The third-order valence-corrected chi connectivity index (χ3v) is 4.99. The van der Waals surface area contributed by atoms with Crippen molar-refractivity contribution in [2.75, 3.05) is 5.32 Å². The zero-order valence-electron chi connectivity index (χ0n) is 12.5. The Bertz CT molecular complexity index is 841. The first-order valence-corrected chi connectivity index (χ1v) is 7.72. The molecule has 3 rings (SSSR count). The zero-order valence-corrected chi connectivity index (χ0v) is 13.3. The van der Waals surface area contributed by atoms with Crippen LogP contribution in [-0.2, 0) is 4.74 Å². The molecule has 23 heavy (non-hydrogen) atoms. The number of primary amides is 1. The third-order valence-electron chi connectivity index (χ3n) is 3.66. The molecule has 118 valence electrons. The minimum absolute atomic E-state index is 0.146. The van der Waals surface area contributed by atoms with Crippen LogP contribution in [0.2, 0.25) is 0 Å². The first-order valence-electron chi connectivity index (χ1n) is 6.90. The molecular formula is C16H14N2O4S. The Morgan fingerprint density at radius 2 is 2.00 bits per heavy atom. The molecule has 0 unspecified atom stereocenters. The van der Waals surface area contributed by atoms with Crippen molar-refractivity contribution < 1.29 is 19.1 Å². The number of Topliss-reactive ketones (excluding diaryl/α,β-unsaturated/α-hetero) is 1. The highest BCUT2D eigenvalue weighted by Gasteiger charge is 2.32. The SMILES string of the molecule is CC(=O)c1sc(N[C@H]2OC(=O)c3ccccc32)c(C(N)=O)c1C. The number of thiophene rings is 1. The molecule has 0 bridgehead atoms. The van der Waals surface area contributed by atoms with Crippen LogP contribution in [0.5, 0.6) is 0 Å². The van der Waals surface area contributed by atoms with Gasteiger partial charge >= 0.3 is 5.97 Å². The summed E-state index contributed by atoms with van der Waals surface area (Å²) in [6.07, 6.45) is -0.713. The normalized spacial score (nSPS) is 15.9. The van der Waals surface area contributed by atoms with Gasteiger partial charge in [0.1, 0.15) is 5.00 Å². The van der Waals surface area contributed by atoms with E-state index in [-0.39, 0.29) is 11.3 Å². The molecule has 1 atom stereocenters. The first-order chi connectivity index (χ1) is 10.9. The van der Waals surface area contributed by atoms with Crippen LogP contribution in [0.25, 0.3) is 0 Å². The Hall–Kier alpha value is -2.67. The standard InChI is InChI=1S/C16H14N2O4S/c1-7-11(13(17)20)15(23-12(7)8(2)19)18-14-9-5-3-4-6-10(9)16(21)22-14/h3-6,14,18H,1-2H3,(H2,17,20)/t14-/m0/s1. The molecule has 0 fully saturated rings. The number of nitrogens with one attached hydrogen (secondary N) is 1. The number of hydrogen-bond acceptors (Lipinski definition) is 6. The Labute approximate surface area is 136 Å². The number of carbonyl (C=O) groups is 3. The minimum atomic E-state index is -0.713. The lowest BCUT2D eigenvalue weighted by Gasteiger charge is -2.13. The number of ketones is 1. The topological polar surface area (TPSA) is 98.5 Å². The number of amides is 1. The maximum absolute atomic E-state index is 11.9. The molecule has 1 aromatic heterocycles. The summed E-state index contributed by atoms with van der Waals surface area (Å²) in [7, 11) is 0. The molecule has 0 saturated heterocycles. The molecule has 0 aliphatic carbocycles. The van der Waals surface area contributed by atoms with Crippen molar-refractivity contribution in [3.63, 3.8) is 0 Å². The van der Waals surface area contributed by atoms with Gasteiger partial charge in [0.2, 0.25) is 6.23 Å². The summed E-state index contributed by atoms with van der Waals surface area (Å²) in [6, 6.07) is 6.99. The smallest absolute Gasteiger partial charge is 0.340 e. The molecule has 3 N–H and O–H groups in total. The lowest BCUT2D eigenvalue weighted by Crippen LogP contribution is -2.16. The van der Waals surface area contributed by atoms with Crippen LogP contribution in [-0.4, -0.2) is 17.7 Å². The number of fused-ring (bicyclic) bond motifs is 1. The van der Waals surface area contributed by atoms with Crippen LogP contribution in [0.15, 0.2) is 24.3 Å². The van der Waals surface area contributed by atoms with Gasteiger partial charge in [-0.3, -0.25) is 9.59 Å². The highest BCUT2D eigenvalue weighted by Crippen LogP contribution is 2.38. The van der Waals surface area contributed by atoms with Gasteiger partial charge in [0.25, 0.3) is 5.91 Å². The van der Waals surface area contributed by atoms with E-state index < -0.39 is 18.1 Å². The number of carbonyl (C=O) groups excluding carboxylic acids is 3. The summed E-state index contributed by atoms with van der Waals surface area (Å²) < 4.78 is 5.30. The number of anilines is 1. The van der Waals surface area contributed by atoms with Gasteiger partial charge in [-0.1, -0.05) is 18.2 Å². The van der Waals surface area contributed by atoms with E-state index in [0.717, 1.165) is 11.3 Å². The van der Waals surface area contributed by atoms with Crippen molar-refractivity contribution in [1.82, 2.24) is 0 Å². The van der Waals surface area contributed by atoms with Crippen LogP contribution < -0.4 is 11.1 Å². The fraction of sp³-hybridized carbons (Fsp3) is 0.188. The molecule has 0 saturated carbocycles. The van der Waals surface area contributed by atoms with Gasteiger partial charge in [-0.15, -0.1) is 11.3 Å².